The lowest BCUT2D eigenvalue weighted by Gasteiger charge is -2.24. The van der Waals surface area contributed by atoms with Crippen LogP contribution in [0.4, 0.5) is 4.39 Å². The zero-order chi connectivity index (χ0) is 9.14. The van der Waals surface area contributed by atoms with Crippen molar-refractivity contribution in [2.45, 2.75) is 30.7 Å². The molecule has 0 aromatic carbocycles. The van der Waals surface area contributed by atoms with E-state index in [1.807, 2.05) is 0 Å². The van der Waals surface area contributed by atoms with E-state index in [4.69, 9.17) is 4.74 Å². The standard InChI is InChI=1S/C8H10BrFO2/c1-5(11)12-7-4-2-3-6(10)8(7)9/h3,7-8H,2,4H2,1H3/t7-,8-/m0/s1. The van der Waals surface area contributed by atoms with Crippen molar-refractivity contribution in [1.82, 2.24) is 0 Å². The molecule has 68 valence electrons. The minimum atomic E-state index is -0.463. The maximum atomic E-state index is 12.9. The molecule has 0 aromatic heterocycles. The monoisotopic (exact) mass is 236 g/mol. The van der Waals surface area contributed by atoms with Gasteiger partial charge in [-0.15, -0.1) is 0 Å². The highest BCUT2D eigenvalue weighted by molar-refractivity contribution is 9.09. The summed E-state index contributed by atoms with van der Waals surface area (Å²) in [5.74, 6) is -0.605. The zero-order valence-corrected chi connectivity index (χ0v) is 8.30. The van der Waals surface area contributed by atoms with E-state index in [0.717, 1.165) is 0 Å². The third-order valence-electron chi connectivity index (χ3n) is 1.70. The Morgan fingerprint density at radius 2 is 2.50 bits per heavy atom. The summed E-state index contributed by atoms with van der Waals surface area (Å²) in [7, 11) is 0. The zero-order valence-electron chi connectivity index (χ0n) is 6.72. The SMILES string of the molecule is CC(=O)O[C@H]1CCC=C(F)[C@@H]1Br. The normalized spacial score (nSPS) is 29.4. The van der Waals surface area contributed by atoms with Crippen molar-refractivity contribution in [3.8, 4) is 0 Å². The van der Waals surface area contributed by atoms with Gasteiger partial charge in [0.05, 0.1) is 0 Å². The molecule has 0 radical (unpaired) electrons. The number of halogens is 2. The number of carbonyl (C=O) groups is 1. The molecule has 2 atom stereocenters. The van der Waals surface area contributed by atoms with Gasteiger partial charge in [0, 0.05) is 6.92 Å². The van der Waals surface area contributed by atoms with Crippen LogP contribution in [0, 0.1) is 0 Å². The highest BCUT2D eigenvalue weighted by Gasteiger charge is 2.28. The van der Waals surface area contributed by atoms with Crippen LogP contribution >= 0.6 is 15.9 Å². The Balaban J connectivity index is 2.56. The van der Waals surface area contributed by atoms with E-state index in [9.17, 15) is 9.18 Å². The van der Waals surface area contributed by atoms with Crippen LogP contribution in [-0.4, -0.2) is 16.9 Å². The number of rotatable bonds is 1. The fourth-order valence-corrected chi connectivity index (χ4v) is 1.71. The molecule has 0 saturated heterocycles. The molecule has 4 heteroatoms. The lowest BCUT2D eigenvalue weighted by atomic mass is 10.0. The van der Waals surface area contributed by atoms with Gasteiger partial charge < -0.3 is 4.74 Å². The first-order chi connectivity index (χ1) is 5.61. The van der Waals surface area contributed by atoms with Crippen LogP contribution in [0.5, 0.6) is 0 Å². The Morgan fingerprint density at radius 3 is 3.08 bits per heavy atom. The van der Waals surface area contributed by atoms with Crippen LogP contribution in [0.1, 0.15) is 19.8 Å². The Hall–Kier alpha value is -0.380. The number of carbonyl (C=O) groups excluding carboxylic acids is 1. The van der Waals surface area contributed by atoms with Crippen LogP contribution in [0.2, 0.25) is 0 Å². The topological polar surface area (TPSA) is 26.3 Å². The highest BCUT2D eigenvalue weighted by Crippen LogP contribution is 2.28. The molecule has 0 amide bonds. The van der Waals surface area contributed by atoms with E-state index in [0.29, 0.717) is 12.8 Å². The Morgan fingerprint density at radius 1 is 1.83 bits per heavy atom. The molecule has 1 rings (SSSR count). The summed E-state index contributed by atoms with van der Waals surface area (Å²) < 4.78 is 17.8. The summed E-state index contributed by atoms with van der Waals surface area (Å²) in [5, 5.41) is 0. The Bertz CT molecular complexity index is 215. The largest absolute Gasteiger partial charge is 0.461 e. The van der Waals surface area contributed by atoms with Crippen LogP contribution in [0.25, 0.3) is 0 Å². The van der Waals surface area contributed by atoms with Gasteiger partial charge in [0.1, 0.15) is 16.8 Å². The summed E-state index contributed by atoms with van der Waals surface area (Å²) >= 11 is 3.13. The first-order valence-electron chi connectivity index (χ1n) is 3.78. The average molecular weight is 237 g/mol. The van der Waals surface area contributed by atoms with Gasteiger partial charge in [0.2, 0.25) is 0 Å². The van der Waals surface area contributed by atoms with Crippen LogP contribution in [0.3, 0.4) is 0 Å². The second-order valence-electron chi connectivity index (χ2n) is 2.72. The van der Waals surface area contributed by atoms with Gasteiger partial charge in [0.15, 0.2) is 0 Å². The summed E-state index contributed by atoms with van der Waals surface area (Å²) in [5.41, 5.74) is 0. The molecular formula is C8H10BrFO2. The van der Waals surface area contributed by atoms with Crippen molar-refractivity contribution in [3.05, 3.63) is 11.9 Å². The summed E-state index contributed by atoms with van der Waals surface area (Å²) in [4.78, 5) is 10.1. The quantitative estimate of drug-likeness (QED) is 0.516. The third-order valence-corrected chi connectivity index (χ3v) is 2.72. The van der Waals surface area contributed by atoms with E-state index in [1.54, 1.807) is 0 Å². The summed E-state index contributed by atoms with van der Waals surface area (Å²) in [6.07, 6.45) is 2.47. The Kier molecular flexibility index (Phi) is 3.26. The maximum absolute atomic E-state index is 12.9. The van der Waals surface area contributed by atoms with Crippen molar-refractivity contribution in [2.75, 3.05) is 0 Å². The van der Waals surface area contributed by atoms with E-state index >= 15 is 0 Å². The second kappa shape index (κ2) is 4.03. The van der Waals surface area contributed by atoms with Gasteiger partial charge in [-0.25, -0.2) is 4.39 Å². The third kappa shape index (κ3) is 2.30. The highest BCUT2D eigenvalue weighted by atomic mass is 79.9. The number of ether oxygens (including phenoxy) is 1. The molecule has 1 aliphatic carbocycles. The van der Waals surface area contributed by atoms with Gasteiger partial charge in [-0.2, -0.15) is 0 Å². The van der Waals surface area contributed by atoms with E-state index < -0.39 is 4.83 Å². The predicted octanol–water partition coefficient (Wildman–Crippen LogP) is 2.33. The fourth-order valence-electron chi connectivity index (χ4n) is 1.15. The molecule has 0 bridgehead atoms. The molecule has 0 N–H and O–H groups in total. The molecule has 12 heavy (non-hydrogen) atoms. The molecule has 0 heterocycles. The minimum absolute atomic E-state index is 0.243. The number of hydrogen-bond acceptors (Lipinski definition) is 2. The molecule has 1 aliphatic rings. The number of allylic oxidation sites excluding steroid dienone is 1. The second-order valence-corrected chi connectivity index (χ2v) is 3.70. The molecule has 0 fully saturated rings. The first kappa shape index (κ1) is 9.71. The van der Waals surface area contributed by atoms with Gasteiger partial charge in [-0.3, -0.25) is 4.79 Å². The fraction of sp³-hybridized carbons (Fsp3) is 0.625. The molecule has 0 aromatic rings. The van der Waals surface area contributed by atoms with Crippen molar-refractivity contribution in [1.29, 1.82) is 0 Å². The van der Waals surface area contributed by atoms with Crippen LogP contribution < -0.4 is 0 Å². The molecule has 0 aliphatic heterocycles. The van der Waals surface area contributed by atoms with Crippen LogP contribution in [0.15, 0.2) is 11.9 Å². The van der Waals surface area contributed by atoms with Crippen molar-refractivity contribution in [3.63, 3.8) is 0 Å². The number of esters is 1. The summed E-state index contributed by atoms with van der Waals surface area (Å²) in [6, 6.07) is 0. The Labute approximate surface area is 78.9 Å². The van der Waals surface area contributed by atoms with Gasteiger partial charge >= 0.3 is 5.97 Å². The lowest BCUT2D eigenvalue weighted by molar-refractivity contribution is -0.146. The van der Waals surface area contributed by atoms with E-state index in [1.165, 1.54) is 13.0 Å². The van der Waals surface area contributed by atoms with Crippen LogP contribution in [-0.2, 0) is 9.53 Å². The van der Waals surface area contributed by atoms with E-state index in [-0.39, 0.29) is 17.9 Å². The van der Waals surface area contributed by atoms with Crippen molar-refractivity contribution in [2.24, 2.45) is 0 Å². The minimum Gasteiger partial charge on any atom is -0.461 e. The van der Waals surface area contributed by atoms with E-state index in [2.05, 4.69) is 15.9 Å². The molecular weight excluding hydrogens is 227 g/mol. The number of hydrogen-bond donors (Lipinski definition) is 0. The lowest BCUT2D eigenvalue weighted by Crippen LogP contribution is -2.29. The molecule has 0 spiro atoms. The van der Waals surface area contributed by atoms with Gasteiger partial charge in [-0.1, -0.05) is 22.0 Å². The first-order valence-corrected chi connectivity index (χ1v) is 4.69. The van der Waals surface area contributed by atoms with Crippen molar-refractivity contribution < 1.29 is 13.9 Å². The average Bonchev–Trinajstić information content (AvgIpc) is 1.98. The molecule has 0 saturated carbocycles. The van der Waals surface area contributed by atoms with Crippen molar-refractivity contribution >= 4 is 21.9 Å². The molecule has 2 nitrogen and oxygen atoms in total. The van der Waals surface area contributed by atoms with Gasteiger partial charge in [-0.05, 0) is 12.8 Å². The van der Waals surface area contributed by atoms with Gasteiger partial charge in [0.25, 0.3) is 0 Å². The number of alkyl halides is 1. The molecule has 0 unspecified atom stereocenters. The maximum Gasteiger partial charge on any atom is 0.302 e. The smallest absolute Gasteiger partial charge is 0.302 e. The summed E-state index contributed by atoms with van der Waals surface area (Å²) in [6.45, 7) is 1.33. The predicted molar refractivity (Wildman–Crippen MR) is 46.7 cm³/mol.